The van der Waals surface area contributed by atoms with Crippen LogP contribution in [0.15, 0.2) is 182 Å². The summed E-state index contributed by atoms with van der Waals surface area (Å²) in [6.07, 6.45) is 0. The monoisotopic (exact) mass is 606 g/mol. The van der Waals surface area contributed by atoms with E-state index in [2.05, 4.69) is 182 Å². The molecule has 0 aliphatic heterocycles. The fourth-order valence-corrected chi connectivity index (χ4v) is 7.96. The first-order valence-corrected chi connectivity index (χ1v) is 16.7. The Labute approximate surface area is 279 Å². The Morgan fingerprint density at radius 2 is 0.729 bits per heavy atom. The van der Waals surface area contributed by atoms with Crippen LogP contribution in [0.3, 0.4) is 0 Å². The van der Waals surface area contributed by atoms with Crippen molar-refractivity contribution >= 4 is 64.6 Å². The molecular weight excluding hydrogens is 577 g/mol. The summed E-state index contributed by atoms with van der Waals surface area (Å²) in [5, 5.41) is 15.2. The first-order valence-electron chi connectivity index (χ1n) is 16.7. The van der Waals surface area contributed by atoms with Gasteiger partial charge >= 0.3 is 0 Å². The van der Waals surface area contributed by atoms with Gasteiger partial charge in [0.2, 0.25) is 0 Å². The number of hydrogen-bond donors (Lipinski definition) is 0. The Kier molecular flexibility index (Phi) is 5.98. The largest absolute Gasteiger partial charge is 0.0616 e. The van der Waals surface area contributed by atoms with Crippen LogP contribution in [0.5, 0.6) is 0 Å². The number of benzene rings is 10. The molecule has 0 saturated carbocycles. The van der Waals surface area contributed by atoms with Gasteiger partial charge in [0.1, 0.15) is 0 Å². The summed E-state index contributed by atoms with van der Waals surface area (Å²) in [6, 6.07) is 67.2. The third kappa shape index (κ3) is 4.16. The van der Waals surface area contributed by atoms with Gasteiger partial charge in [-0.05, 0) is 122 Å². The average molecular weight is 607 g/mol. The van der Waals surface area contributed by atoms with E-state index in [-0.39, 0.29) is 0 Å². The smallest absolute Gasteiger partial charge is 0.00201 e. The summed E-state index contributed by atoms with van der Waals surface area (Å²) in [5.41, 5.74) is 7.55. The molecule has 0 heterocycles. The highest BCUT2D eigenvalue weighted by Crippen LogP contribution is 2.44. The molecule has 0 saturated heterocycles. The van der Waals surface area contributed by atoms with E-state index in [1.54, 1.807) is 0 Å². The van der Waals surface area contributed by atoms with Gasteiger partial charge in [-0.1, -0.05) is 158 Å². The van der Waals surface area contributed by atoms with Gasteiger partial charge in [0.15, 0.2) is 0 Å². The minimum atomic E-state index is 1.23. The van der Waals surface area contributed by atoms with Crippen LogP contribution in [0.25, 0.3) is 98.0 Å². The summed E-state index contributed by atoms with van der Waals surface area (Å²) in [6.45, 7) is 0. The maximum atomic E-state index is 2.43. The van der Waals surface area contributed by atoms with Gasteiger partial charge in [0.25, 0.3) is 0 Å². The molecule has 0 spiro atoms. The van der Waals surface area contributed by atoms with Gasteiger partial charge in [-0.2, -0.15) is 0 Å². The molecule has 0 N–H and O–H groups in total. The van der Waals surface area contributed by atoms with Gasteiger partial charge in [-0.15, -0.1) is 0 Å². The molecule has 10 rings (SSSR count). The standard InChI is InChI=1S/C48H30/c1-4-16-38-31(11-1)14-9-21-40(38)34-25-26-43-37(27-34)28-35-23-24-36(41-22-10-15-32-12-2-5-17-39(32)41)29-46(35)48(43)47-30-33-13-3-6-18-42(33)44-19-7-8-20-45(44)47/h1-30H. The van der Waals surface area contributed by atoms with Crippen molar-refractivity contribution in [3.8, 4) is 33.4 Å². The molecule has 10 aromatic carbocycles. The summed E-state index contributed by atoms with van der Waals surface area (Å²) in [7, 11) is 0. The van der Waals surface area contributed by atoms with Crippen molar-refractivity contribution < 1.29 is 0 Å². The lowest BCUT2D eigenvalue weighted by Crippen LogP contribution is -1.91. The fourth-order valence-electron chi connectivity index (χ4n) is 7.96. The second-order valence-electron chi connectivity index (χ2n) is 12.9. The van der Waals surface area contributed by atoms with Crippen molar-refractivity contribution in [2.45, 2.75) is 0 Å². The molecule has 0 aromatic heterocycles. The molecule has 0 unspecified atom stereocenters. The summed E-state index contributed by atoms with van der Waals surface area (Å²) >= 11 is 0. The van der Waals surface area contributed by atoms with Crippen LogP contribution in [0.1, 0.15) is 0 Å². The van der Waals surface area contributed by atoms with Crippen LogP contribution < -0.4 is 0 Å². The fraction of sp³-hybridized carbons (Fsp3) is 0. The van der Waals surface area contributed by atoms with Gasteiger partial charge in [0.05, 0.1) is 0 Å². The molecule has 0 radical (unpaired) electrons. The normalized spacial score (nSPS) is 11.8. The predicted octanol–water partition coefficient (Wildman–Crippen LogP) is 13.6. The maximum absolute atomic E-state index is 2.43. The number of hydrogen-bond acceptors (Lipinski definition) is 0. The van der Waals surface area contributed by atoms with Crippen molar-refractivity contribution in [3.05, 3.63) is 182 Å². The van der Waals surface area contributed by atoms with E-state index in [9.17, 15) is 0 Å². The zero-order valence-corrected chi connectivity index (χ0v) is 26.3. The predicted molar refractivity (Wildman–Crippen MR) is 208 cm³/mol. The molecule has 0 atom stereocenters. The van der Waals surface area contributed by atoms with Gasteiger partial charge < -0.3 is 0 Å². The number of fused-ring (bicyclic) bond motifs is 7. The van der Waals surface area contributed by atoms with Crippen LogP contribution in [-0.2, 0) is 0 Å². The van der Waals surface area contributed by atoms with E-state index in [0.29, 0.717) is 0 Å². The summed E-state index contributed by atoms with van der Waals surface area (Å²) in [5.74, 6) is 0. The van der Waals surface area contributed by atoms with E-state index in [0.717, 1.165) is 0 Å². The zero-order chi connectivity index (χ0) is 31.6. The highest BCUT2D eigenvalue weighted by atomic mass is 14.2. The van der Waals surface area contributed by atoms with Crippen molar-refractivity contribution in [2.75, 3.05) is 0 Å². The molecule has 0 heteroatoms. The van der Waals surface area contributed by atoms with Crippen LogP contribution >= 0.6 is 0 Å². The second kappa shape index (κ2) is 10.7. The van der Waals surface area contributed by atoms with E-state index in [1.807, 2.05) is 0 Å². The van der Waals surface area contributed by atoms with E-state index in [1.165, 1.54) is 98.0 Å². The molecular formula is C48H30. The maximum Gasteiger partial charge on any atom is -0.00201 e. The molecule has 0 amide bonds. The lowest BCUT2D eigenvalue weighted by Gasteiger charge is -2.18. The number of rotatable bonds is 3. The average Bonchev–Trinajstić information content (AvgIpc) is 3.16. The first kappa shape index (κ1) is 26.9. The molecule has 0 bridgehead atoms. The van der Waals surface area contributed by atoms with Crippen LogP contribution in [0, 0.1) is 0 Å². The molecule has 0 fully saturated rings. The Morgan fingerprint density at radius 1 is 0.208 bits per heavy atom. The highest BCUT2D eigenvalue weighted by molar-refractivity contribution is 6.22. The zero-order valence-electron chi connectivity index (χ0n) is 26.3. The van der Waals surface area contributed by atoms with Crippen molar-refractivity contribution in [1.29, 1.82) is 0 Å². The third-order valence-electron chi connectivity index (χ3n) is 10.2. The molecule has 0 aliphatic rings. The van der Waals surface area contributed by atoms with Gasteiger partial charge in [-0.3, -0.25) is 0 Å². The highest BCUT2D eigenvalue weighted by Gasteiger charge is 2.17. The Bertz CT molecular complexity index is 2880. The summed E-state index contributed by atoms with van der Waals surface area (Å²) < 4.78 is 0. The van der Waals surface area contributed by atoms with Gasteiger partial charge in [-0.25, -0.2) is 0 Å². The van der Waals surface area contributed by atoms with Crippen LogP contribution in [0.2, 0.25) is 0 Å². The summed E-state index contributed by atoms with van der Waals surface area (Å²) in [4.78, 5) is 0. The van der Waals surface area contributed by atoms with Crippen molar-refractivity contribution in [1.82, 2.24) is 0 Å². The second-order valence-corrected chi connectivity index (χ2v) is 12.9. The minimum Gasteiger partial charge on any atom is -0.0616 e. The lowest BCUT2D eigenvalue weighted by molar-refractivity contribution is 1.67. The third-order valence-corrected chi connectivity index (χ3v) is 10.2. The van der Waals surface area contributed by atoms with E-state index >= 15 is 0 Å². The van der Waals surface area contributed by atoms with Crippen molar-refractivity contribution in [2.24, 2.45) is 0 Å². The topological polar surface area (TPSA) is 0 Å². The SMILES string of the molecule is c1ccc2c(-c3ccc4c(-c5cc6ccccc6c6ccccc56)c5cc(-c6cccc7ccccc67)ccc5cc4c3)cccc2c1. The van der Waals surface area contributed by atoms with Gasteiger partial charge in [0, 0.05) is 0 Å². The molecule has 0 aliphatic carbocycles. The Balaban J connectivity index is 1.32. The molecule has 48 heavy (non-hydrogen) atoms. The van der Waals surface area contributed by atoms with Crippen molar-refractivity contribution in [3.63, 3.8) is 0 Å². The minimum absolute atomic E-state index is 1.23. The molecule has 0 nitrogen and oxygen atoms in total. The molecule has 10 aromatic rings. The first-order chi connectivity index (χ1) is 23.8. The quantitative estimate of drug-likeness (QED) is 0.139. The Hall–Kier alpha value is -6.24. The van der Waals surface area contributed by atoms with E-state index in [4.69, 9.17) is 0 Å². The van der Waals surface area contributed by atoms with Crippen LogP contribution in [-0.4, -0.2) is 0 Å². The van der Waals surface area contributed by atoms with Crippen LogP contribution in [0.4, 0.5) is 0 Å². The lowest BCUT2D eigenvalue weighted by atomic mass is 9.85. The molecule has 222 valence electrons. The van der Waals surface area contributed by atoms with E-state index < -0.39 is 0 Å². The Morgan fingerprint density at radius 3 is 1.44 bits per heavy atom.